The highest BCUT2D eigenvalue weighted by Crippen LogP contribution is 2.16. The van der Waals surface area contributed by atoms with Gasteiger partial charge in [-0.25, -0.2) is 0 Å². The van der Waals surface area contributed by atoms with Gasteiger partial charge in [0.1, 0.15) is 5.75 Å². The van der Waals surface area contributed by atoms with Crippen molar-refractivity contribution < 1.29 is 18.3 Å². The summed E-state index contributed by atoms with van der Waals surface area (Å²) in [6.07, 6.45) is 6.79. The van der Waals surface area contributed by atoms with E-state index < -0.39 is 12.5 Å². The molecule has 19 heavy (non-hydrogen) atoms. The molecule has 1 N–H and O–H groups in total. The number of nitrogens with one attached hydrogen (secondary N) is 1. The summed E-state index contributed by atoms with van der Waals surface area (Å²) >= 11 is 0. The van der Waals surface area contributed by atoms with E-state index in [1.54, 1.807) is 0 Å². The van der Waals surface area contributed by atoms with Crippen LogP contribution in [0.15, 0.2) is 24.3 Å². The summed E-state index contributed by atoms with van der Waals surface area (Å²) in [4.78, 5) is 11.9. The third-order valence-electron chi connectivity index (χ3n) is 2.41. The van der Waals surface area contributed by atoms with Gasteiger partial charge in [-0.1, -0.05) is 25.3 Å². The number of carbonyl (C=O) groups excluding carboxylic acids is 1. The van der Waals surface area contributed by atoms with Crippen molar-refractivity contribution in [3.05, 3.63) is 29.8 Å². The average Bonchev–Trinajstić information content (AvgIpc) is 2.37. The van der Waals surface area contributed by atoms with Crippen LogP contribution in [0.25, 0.3) is 0 Å². The Kier molecular flexibility index (Phi) is 5.80. The highest BCUT2D eigenvalue weighted by atomic mass is 19.3. The third kappa shape index (κ3) is 4.96. The molecule has 0 aromatic heterocycles. The molecule has 0 aliphatic carbocycles. The van der Waals surface area contributed by atoms with Crippen LogP contribution in [0.5, 0.6) is 5.75 Å². The molecule has 102 valence electrons. The lowest BCUT2D eigenvalue weighted by atomic mass is 10.1. The van der Waals surface area contributed by atoms with Gasteiger partial charge in [-0.05, 0) is 24.6 Å². The number of carbonyl (C=O) groups is 1. The number of hydrogen-bond donors (Lipinski definition) is 1. The van der Waals surface area contributed by atoms with E-state index in [1.165, 1.54) is 24.3 Å². The predicted octanol–water partition coefficient (Wildman–Crippen LogP) is 2.82. The van der Waals surface area contributed by atoms with E-state index in [9.17, 15) is 13.6 Å². The molecule has 3 nitrogen and oxygen atoms in total. The van der Waals surface area contributed by atoms with Crippen LogP contribution in [0.4, 0.5) is 8.78 Å². The van der Waals surface area contributed by atoms with E-state index >= 15 is 0 Å². The lowest BCUT2D eigenvalue weighted by Crippen LogP contribution is -2.33. The number of ether oxygens (including phenoxy) is 1. The molecule has 0 heterocycles. The zero-order chi connectivity index (χ0) is 14.3. The normalized spacial score (nSPS) is 11.7. The summed E-state index contributed by atoms with van der Waals surface area (Å²) in [5.41, 5.74) is 0.231. The molecule has 0 saturated heterocycles. The van der Waals surface area contributed by atoms with Crippen LogP contribution >= 0.6 is 0 Å². The summed E-state index contributed by atoms with van der Waals surface area (Å²) < 4.78 is 28.4. The number of benzene rings is 1. The molecule has 0 aliphatic heterocycles. The summed E-state index contributed by atoms with van der Waals surface area (Å²) in [6.45, 7) is -0.968. The first-order valence-electron chi connectivity index (χ1n) is 5.88. The molecule has 0 bridgehead atoms. The Hall–Kier alpha value is -2.09. The van der Waals surface area contributed by atoms with Crippen LogP contribution in [0.3, 0.4) is 0 Å². The van der Waals surface area contributed by atoms with E-state index in [2.05, 4.69) is 16.0 Å². The van der Waals surface area contributed by atoms with Gasteiger partial charge in [-0.3, -0.25) is 4.79 Å². The van der Waals surface area contributed by atoms with Gasteiger partial charge in [-0.2, -0.15) is 8.78 Å². The number of terminal acetylenes is 1. The molecule has 0 fully saturated rings. The first-order chi connectivity index (χ1) is 9.06. The fraction of sp³-hybridized carbons (Fsp3) is 0.357. The van der Waals surface area contributed by atoms with Crippen molar-refractivity contribution in [1.82, 2.24) is 5.32 Å². The van der Waals surface area contributed by atoms with Crippen LogP contribution in [0.1, 0.15) is 30.1 Å². The van der Waals surface area contributed by atoms with Crippen molar-refractivity contribution in [3.8, 4) is 18.1 Å². The van der Waals surface area contributed by atoms with Crippen LogP contribution in [0, 0.1) is 12.3 Å². The van der Waals surface area contributed by atoms with Gasteiger partial charge in [-0.15, -0.1) is 6.42 Å². The van der Waals surface area contributed by atoms with Crippen molar-refractivity contribution in [1.29, 1.82) is 0 Å². The van der Waals surface area contributed by atoms with E-state index in [4.69, 9.17) is 6.42 Å². The maximum atomic E-state index is 12.1. The fourth-order valence-corrected chi connectivity index (χ4v) is 1.54. The van der Waals surface area contributed by atoms with E-state index in [1.807, 2.05) is 6.92 Å². The lowest BCUT2D eigenvalue weighted by Gasteiger charge is -2.12. The van der Waals surface area contributed by atoms with Crippen LogP contribution in [-0.2, 0) is 0 Å². The van der Waals surface area contributed by atoms with Gasteiger partial charge in [0.25, 0.3) is 5.91 Å². The second-order valence-corrected chi connectivity index (χ2v) is 3.89. The second-order valence-electron chi connectivity index (χ2n) is 3.89. The van der Waals surface area contributed by atoms with Crippen molar-refractivity contribution in [2.75, 3.05) is 0 Å². The predicted molar refractivity (Wildman–Crippen MR) is 68.1 cm³/mol. The van der Waals surface area contributed by atoms with Crippen molar-refractivity contribution in [2.45, 2.75) is 32.4 Å². The largest absolute Gasteiger partial charge is 0.435 e. The molecule has 1 rings (SSSR count). The first kappa shape index (κ1) is 15.0. The fourth-order valence-electron chi connectivity index (χ4n) is 1.54. The summed E-state index contributed by atoms with van der Waals surface area (Å²) in [7, 11) is 0. The Morgan fingerprint density at radius 3 is 2.84 bits per heavy atom. The lowest BCUT2D eigenvalue weighted by molar-refractivity contribution is -0.0498. The highest BCUT2D eigenvalue weighted by molar-refractivity contribution is 5.94. The number of halogens is 2. The Morgan fingerprint density at radius 2 is 2.26 bits per heavy atom. The summed E-state index contributed by atoms with van der Waals surface area (Å²) in [5.74, 6) is 2.00. The molecule has 1 atom stereocenters. The summed E-state index contributed by atoms with van der Waals surface area (Å²) in [5, 5.41) is 2.65. The molecule has 1 amide bonds. The van der Waals surface area contributed by atoms with E-state index in [0.717, 1.165) is 6.42 Å². The van der Waals surface area contributed by atoms with Gasteiger partial charge in [0.15, 0.2) is 0 Å². The van der Waals surface area contributed by atoms with Gasteiger partial charge in [0.05, 0.1) is 6.04 Å². The number of alkyl halides is 2. The molecular weight excluding hydrogens is 252 g/mol. The monoisotopic (exact) mass is 267 g/mol. The van der Waals surface area contributed by atoms with Gasteiger partial charge >= 0.3 is 6.61 Å². The molecule has 0 radical (unpaired) electrons. The summed E-state index contributed by atoms with van der Waals surface area (Å²) in [6, 6.07) is 5.22. The second kappa shape index (κ2) is 7.37. The third-order valence-corrected chi connectivity index (χ3v) is 2.41. The molecule has 0 spiro atoms. The maximum absolute atomic E-state index is 12.1. The Bertz CT molecular complexity index is 469. The minimum Gasteiger partial charge on any atom is -0.435 e. The van der Waals surface area contributed by atoms with Crippen molar-refractivity contribution in [3.63, 3.8) is 0 Å². The molecule has 1 aromatic carbocycles. The number of rotatable bonds is 6. The van der Waals surface area contributed by atoms with Gasteiger partial charge in [0, 0.05) is 5.56 Å². The topological polar surface area (TPSA) is 38.3 Å². The minimum atomic E-state index is -2.92. The molecule has 0 saturated carbocycles. The standard InChI is InChI=1S/C14H15F2NO2/c1-3-6-11(4-2)17-13(18)10-7-5-8-12(9-10)19-14(15)16/h2,5,7-9,11,14H,3,6H2,1H3,(H,17,18). The average molecular weight is 267 g/mol. The van der Waals surface area contributed by atoms with Crippen molar-refractivity contribution in [2.24, 2.45) is 0 Å². The molecule has 0 aliphatic rings. The Labute approximate surface area is 111 Å². The number of amides is 1. The Balaban J connectivity index is 2.74. The van der Waals surface area contributed by atoms with E-state index in [0.29, 0.717) is 6.42 Å². The zero-order valence-electron chi connectivity index (χ0n) is 10.5. The molecule has 1 unspecified atom stereocenters. The molecule has 5 heteroatoms. The minimum absolute atomic E-state index is 0.0598. The molecular formula is C14H15F2NO2. The Morgan fingerprint density at radius 1 is 1.53 bits per heavy atom. The van der Waals surface area contributed by atoms with Crippen LogP contribution < -0.4 is 10.1 Å². The maximum Gasteiger partial charge on any atom is 0.387 e. The number of hydrogen-bond acceptors (Lipinski definition) is 2. The first-order valence-corrected chi connectivity index (χ1v) is 5.88. The van der Waals surface area contributed by atoms with Gasteiger partial charge in [0.2, 0.25) is 0 Å². The van der Waals surface area contributed by atoms with Crippen LogP contribution in [0.2, 0.25) is 0 Å². The van der Waals surface area contributed by atoms with Crippen LogP contribution in [-0.4, -0.2) is 18.6 Å². The molecule has 1 aromatic rings. The quantitative estimate of drug-likeness (QED) is 0.805. The SMILES string of the molecule is C#CC(CCC)NC(=O)c1cccc(OC(F)F)c1. The smallest absolute Gasteiger partial charge is 0.387 e. The highest BCUT2D eigenvalue weighted by Gasteiger charge is 2.12. The van der Waals surface area contributed by atoms with Gasteiger partial charge < -0.3 is 10.1 Å². The zero-order valence-corrected chi connectivity index (χ0v) is 10.5. The van der Waals surface area contributed by atoms with E-state index in [-0.39, 0.29) is 17.4 Å². The van der Waals surface area contributed by atoms with Crippen molar-refractivity contribution >= 4 is 5.91 Å².